The molecule has 0 N–H and O–H groups in total. The number of piperidine rings is 1. The smallest absolute Gasteiger partial charge is 0.227 e. The van der Waals surface area contributed by atoms with Crippen molar-refractivity contribution in [1.29, 1.82) is 0 Å². The second kappa shape index (κ2) is 8.11. The van der Waals surface area contributed by atoms with Gasteiger partial charge in [0.05, 0.1) is 6.42 Å². The molecule has 24 heavy (non-hydrogen) atoms. The number of hydrogen-bond donors (Lipinski definition) is 0. The van der Waals surface area contributed by atoms with Gasteiger partial charge in [-0.05, 0) is 44.1 Å². The Labute approximate surface area is 144 Å². The number of carbonyl (C=O) groups excluding carboxylic acids is 1. The van der Waals surface area contributed by atoms with Crippen LogP contribution in [0, 0.1) is 0 Å². The molecule has 0 aliphatic carbocycles. The fourth-order valence-corrected chi connectivity index (χ4v) is 3.38. The quantitative estimate of drug-likeness (QED) is 0.843. The van der Waals surface area contributed by atoms with Crippen LogP contribution in [0.4, 0.5) is 0 Å². The molecule has 1 aliphatic heterocycles. The maximum Gasteiger partial charge on any atom is 0.227 e. The summed E-state index contributed by atoms with van der Waals surface area (Å²) >= 11 is 0. The molecule has 0 radical (unpaired) electrons. The Kier molecular flexibility index (Phi) is 5.65. The third-order valence-corrected chi connectivity index (χ3v) is 4.84. The lowest BCUT2D eigenvalue weighted by atomic mass is 10.0. The van der Waals surface area contributed by atoms with E-state index in [9.17, 15) is 4.79 Å². The van der Waals surface area contributed by atoms with Crippen LogP contribution in [-0.2, 0) is 17.8 Å². The Morgan fingerprint density at radius 2 is 1.50 bits per heavy atom. The Hall–Kier alpha value is -2.13. The van der Waals surface area contributed by atoms with Gasteiger partial charge in [-0.3, -0.25) is 4.79 Å². The minimum absolute atomic E-state index is 0.236. The maximum atomic E-state index is 13.0. The number of carbonyl (C=O) groups is 1. The molecule has 2 aromatic rings. The van der Waals surface area contributed by atoms with E-state index in [1.165, 1.54) is 5.56 Å². The summed E-state index contributed by atoms with van der Waals surface area (Å²) in [6.07, 6.45) is 2.60. The van der Waals surface area contributed by atoms with Gasteiger partial charge in [-0.2, -0.15) is 0 Å². The lowest BCUT2D eigenvalue weighted by molar-refractivity contribution is -0.134. The van der Waals surface area contributed by atoms with Gasteiger partial charge in [0.15, 0.2) is 0 Å². The largest absolute Gasteiger partial charge is 0.335 e. The van der Waals surface area contributed by atoms with Crippen molar-refractivity contribution in [1.82, 2.24) is 9.80 Å². The van der Waals surface area contributed by atoms with Crippen LogP contribution < -0.4 is 0 Å². The van der Waals surface area contributed by atoms with E-state index in [1.54, 1.807) is 0 Å². The second-order valence-electron chi connectivity index (χ2n) is 6.70. The van der Waals surface area contributed by atoms with Gasteiger partial charge in [-0.1, -0.05) is 60.7 Å². The average molecular weight is 322 g/mol. The number of hydrogen-bond acceptors (Lipinski definition) is 2. The monoisotopic (exact) mass is 322 g/mol. The van der Waals surface area contributed by atoms with E-state index in [1.807, 2.05) is 48.5 Å². The zero-order chi connectivity index (χ0) is 16.8. The highest BCUT2D eigenvalue weighted by Crippen LogP contribution is 2.20. The Bertz CT molecular complexity index is 633. The van der Waals surface area contributed by atoms with Crippen molar-refractivity contribution in [2.75, 3.05) is 20.1 Å². The molecule has 1 amide bonds. The van der Waals surface area contributed by atoms with Crippen molar-refractivity contribution in [3.63, 3.8) is 0 Å². The van der Waals surface area contributed by atoms with Crippen molar-refractivity contribution in [3.8, 4) is 0 Å². The number of benzene rings is 2. The van der Waals surface area contributed by atoms with Gasteiger partial charge in [-0.15, -0.1) is 0 Å². The average Bonchev–Trinajstić information content (AvgIpc) is 2.62. The SMILES string of the molecule is CN1CCC(N(Cc2ccccc2)C(=O)Cc2ccccc2)CC1. The van der Waals surface area contributed by atoms with Gasteiger partial charge in [0.2, 0.25) is 5.91 Å². The van der Waals surface area contributed by atoms with Crippen molar-refractivity contribution >= 4 is 5.91 Å². The summed E-state index contributed by atoms with van der Waals surface area (Å²) in [7, 11) is 2.16. The third kappa shape index (κ3) is 4.45. The van der Waals surface area contributed by atoms with Gasteiger partial charge in [-0.25, -0.2) is 0 Å². The molecule has 3 nitrogen and oxygen atoms in total. The van der Waals surface area contributed by atoms with Crippen molar-refractivity contribution in [2.24, 2.45) is 0 Å². The molecule has 1 saturated heterocycles. The lowest BCUT2D eigenvalue weighted by Crippen LogP contribution is -2.46. The van der Waals surface area contributed by atoms with Crippen LogP contribution in [0.2, 0.25) is 0 Å². The summed E-state index contributed by atoms with van der Waals surface area (Å²) in [6.45, 7) is 2.84. The number of rotatable bonds is 5. The molecule has 1 fully saturated rings. The Morgan fingerprint density at radius 1 is 0.958 bits per heavy atom. The fraction of sp³-hybridized carbons (Fsp3) is 0.381. The highest BCUT2D eigenvalue weighted by Gasteiger charge is 2.27. The van der Waals surface area contributed by atoms with E-state index in [4.69, 9.17) is 0 Å². The molecule has 1 heterocycles. The van der Waals surface area contributed by atoms with E-state index in [-0.39, 0.29) is 5.91 Å². The molecule has 0 unspecified atom stereocenters. The van der Waals surface area contributed by atoms with Crippen molar-refractivity contribution in [3.05, 3.63) is 71.8 Å². The van der Waals surface area contributed by atoms with E-state index >= 15 is 0 Å². The normalized spacial score (nSPS) is 16.0. The van der Waals surface area contributed by atoms with Crippen molar-refractivity contribution < 1.29 is 4.79 Å². The summed E-state index contributed by atoms with van der Waals surface area (Å²) in [6, 6.07) is 20.7. The van der Waals surface area contributed by atoms with Crippen LogP contribution >= 0.6 is 0 Å². The zero-order valence-corrected chi connectivity index (χ0v) is 14.4. The predicted molar refractivity (Wildman–Crippen MR) is 97.7 cm³/mol. The highest BCUT2D eigenvalue weighted by atomic mass is 16.2. The third-order valence-electron chi connectivity index (χ3n) is 4.84. The first-order valence-corrected chi connectivity index (χ1v) is 8.78. The maximum absolute atomic E-state index is 13.0. The van der Waals surface area contributed by atoms with Crippen LogP contribution in [0.3, 0.4) is 0 Å². The molecular formula is C21H26N2O. The molecule has 2 aromatic carbocycles. The van der Waals surface area contributed by atoms with Crippen LogP contribution in [0.5, 0.6) is 0 Å². The lowest BCUT2D eigenvalue weighted by Gasteiger charge is -2.37. The molecule has 3 rings (SSSR count). The first kappa shape index (κ1) is 16.7. The molecule has 0 spiro atoms. The Morgan fingerprint density at radius 3 is 2.08 bits per heavy atom. The van der Waals surface area contributed by atoms with Gasteiger partial charge >= 0.3 is 0 Å². The fourth-order valence-electron chi connectivity index (χ4n) is 3.38. The number of nitrogens with zero attached hydrogens (tertiary/aromatic N) is 2. The van der Waals surface area contributed by atoms with Crippen molar-refractivity contribution in [2.45, 2.75) is 31.8 Å². The van der Waals surface area contributed by atoms with E-state index in [0.29, 0.717) is 19.0 Å². The van der Waals surface area contributed by atoms with Gasteiger partial charge in [0, 0.05) is 12.6 Å². The van der Waals surface area contributed by atoms with Gasteiger partial charge < -0.3 is 9.80 Å². The van der Waals surface area contributed by atoms with E-state index in [2.05, 4.69) is 29.0 Å². The zero-order valence-electron chi connectivity index (χ0n) is 14.4. The molecule has 3 heteroatoms. The molecule has 0 atom stereocenters. The van der Waals surface area contributed by atoms with Crippen LogP contribution in [0.25, 0.3) is 0 Å². The van der Waals surface area contributed by atoms with E-state index in [0.717, 1.165) is 31.5 Å². The summed E-state index contributed by atoms with van der Waals surface area (Å²) < 4.78 is 0. The second-order valence-corrected chi connectivity index (χ2v) is 6.70. The standard InChI is InChI=1S/C21H26N2O/c1-22-14-12-20(13-15-22)23(17-19-10-6-3-7-11-19)21(24)16-18-8-4-2-5-9-18/h2-11,20H,12-17H2,1H3. The Balaban J connectivity index is 1.74. The molecule has 0 saturated carbocycles. The molecule has 1 aliphatic rings. The summed E-state index contributed by atoms with van der Waals surface area (Å²) in [4.78, 5) is 17.5. The minimum atomic E-state index is 0.236. The highest BCUT2D eigenvalue weighted by molar-refractivity contribution is 5.79. The van der Waals surface area contributed by atoms with Crippen LogP contribution in [-0.4, -0.2) is 41.9 Å². The minimum Gasteiger partial charge on any atom is -0.335 e. The van der Waals surface area contributed by atoms with Crippen LogP contribution in [0.15, 0.2) is 60.7 Å². The topological polar surface area (TPSA) is 23.6 Å². The summed E-state index contributed by atoms with van der Waals surface area (Å²) in [5.41, 5.74) is 2.30. The first-order chi connectivity index (χ1) is 11.7. The number of amides is 1. The molecule has 0 bridgehead atoms. The van der Waals surface area contributed by atoms with Crippen LogP contribution in [0.1, 0.15) is 24.0 Å². The summed E-state index contributed by atoms with van der Waals surface area (Å²) in [5.74, 6) is 0.236. The molecule has 0 aromatic heterocycles. The first-order valence-electron chi connectivity index (χ1n) is 8.78. The predicted octanol–water partition coefficient (Wildman–Crippen LogP) is 3.35. The molecule has 126 valence electrons. The van der Waals surface area contributed by atoms with Gasteiger partial charge in [0.1, 0.15) is 0 Å². The molecular weight excluding hydrogens is 296 g/mol. The van der Waals surface area contributed by atoms with Gasteiger partial charge in [0.25, 0.3) is 0 Å². The summed E-state index contributed by atoms with van der Waals surface area (Å²) in [5, 5.41) is 0. The number of likely N-dealkylation sites (tertiary alicyclic amines) is 1. The van der Waals surface area contributed by atoms with E-state index < -0.39 is 0 Å².